The van der Waals surface area contributed by atoms with Gasteiger partial charge in [-0.3, -0.25) is 0 Å². The second kappa shape index (κ2) is 6.49. The number of ether oxygens (including phenoxy) is 1. The van der Waals surface area contributed by atoms with E-state index < -0.39 is 5.97 Å². The molecule has 0 saturated carbocycles. The first-order chi connectivity index (χ1) is 12.2. The Morgan fingerprint density at radius 1 is 1.04 bits per heavy atom. The largest absolute Gasteiger partial charge is 0.402 e. The number of carbonyl (C=O) groups is 1. The molecule has 1 aliphatic heterocycles. The Bertz CT molecular complexity index is 1010. The summed E-state index contributed by atoms with van der Waals surface area (Å²) in [7, 11) is 0. The summed E-state index contributed by atoms with van der Waals surface area (Å²) in [6.07, 6.45) is 5.18. The summed E-state index contributed by atoms with van der Waals surface area (Å²) in [4.78, 5) is 16.4. The van der Waals surface area contributed by atoms with Gasteiger partial charge in [0.25, 0.3) is 0 Å². The highest BCUT2D eigenvalue weighted by molar-refractivity contribution is 9.10. The molecule has 0 unspecified atom stereocenters. The van der Waals surface area contributed by atoms with Gasteiger partial charge in [-0.1, -0.05) is 30.3 Å². The first kappa shape index (κ1) is 15.5. The van der Waals surface area contributed by atoms with Gasteiger partial charge in [-0.25, -0.2) is 14.5 Å². The molecule has 1 aliphatic rings. The van der Waals surface area contributed by atoms with Crippen molar-refractivity contribution in [2.24, 2.45) is 4.99 Å². The van der Waals surface area contributed by atoms with E-state index >= 15 is 0 Å². The van der Waals surface area contributed by atoms with E-state index in [2.05, 4.69) is 26.0 Å². The summed E-state index contributed by atoms with van der Waals surface area (Å²) in [5.74, 6) is -0.183. The van der Waals surface area contributed by atoms with Crippen LogP contribution in [0.1, 0.15) is 11.1 Å². The zero-order chi connectivity index (χ0) is 17.2. The number of benzene rings is 2. The molecule has 122 valence electrons. The van der Waals surface area contributed by atoms with Crippen LogP contribution in [0.5, 0.6) is 0 Å². The van der Waals surface area contributed by atoms with E-state index in [-0.39, 0.29) is 5.70 Å². The number of rotatable bonds is 3. The number of hydrogen-bond acceptors (Lipinski definition) is 4. The lowest BCUT2D eigenvalue weighted by Gasteiger charge is -2.01. The molecule has 0 bridgehead atoms. The zero-order valence-corrected chi connectivity index (χ0v) is 14.6. The number of halogens is 1. The fourth-order valence-corrected chi connectivity index (χ4v) is 2.90. The maximum Gasteiger partial charge on any atom is 0.363 e. The lowest BCUT2D eigenvalue weighted by atomic mass is 10.2. The highest BCUT2D eigenvalue weighted by atomic mass is 79.9. The van der Waals surface area contributed by atoms with Crippen molar-refractivity contribution in [1.29, 1.82) is 0 Å². The fourth-order valence-electron chi connectivity index (χ4n) is 2.45. The van der Waals surface area contributed by atoms with Gasteiger partial charge >= 0.3 is 5.97 Å². The minimum atomic E-state index is -0.474. The molecule has 0 N–H and O–H groups in total. The van der Waals surface area contributed by atoms with E-state index in [9.17, 15) is 4.79 Å². The molecule has 0 spiro atoms. The average Bonchev–Trinajstić information content (AvgIpc) is 3.24. The molecule has 2 heterocycles. The summed E-state index contributed by atoms with van der Waals surface area (Å²) < 4.78 is 7.85. The number of aliphatic imine (C=N–C) groups is 1. The van der Waals surface area contributed by atoms with E-state index in [4.69, 9.17) is 4.74 Å². The topological polar surface area (TPSA) is 56.5 Å². The third-order valence-electron chi connectivity index (χ3n) is 3.65. The number of nitrogens with zero attached hydrogens (tertiary/aromatic N) is 3. The van der Waals surface area contributed by atoms with Crippen LogP contribution in [0.25, 0.3) is 11.8 Å². The van der Waals surface area contributed by atoms with Gasteiger partial charge in [0.05, 0.1) is 17.4 Å². The van der Waals surface area contributed by atoms with E-state index in [0.717, 1.165) is 21.3 Å². The Hall–Kier alpha value is -2.99. The van der Waals surface area contributed by atoms with E-state index in [0.29, 0.717) is 5.90 Å². The zero-order valence-electron chi connectivity index (χ0n) is 13.0. The molecule has 2 aromatic carbocycles. The number of para-hydroxylation sites is 1. The van der Waals surface area contributed by atoms with Crippen LogP contribution < -0.4 is 0 Å². The summed E-state index contributed by atoms with van der Waals surface area (Å²) in [6, 6.07) is 17.2. The van der Waals surface area contributed by atoms with Crippen molar-refractivity contribution in [3.8, 4) is 5.69 Å². The molecule has 25 heavy (non-hydrogen) atoms. The average molecular weight is 394 g/mol. The molecule has 0 fully saturated rings. The Morgan fingerprint density at radius 3 is 2.60 bits per heavy atom. The molecule has 6 heteroatoms. The van der Waals surface area contributed by atoms with Crippen LogP contribution in [0.3, 0.4) is 0 Å². The highest BCUT2D eigenvalue weighted by Gasteiger charge is 2.25. The molecule has 0 amide bonds. The molecular weight excluding hydrogens is 382 g/mol. The van der Waals surface area contributed by atoms with Crippen LogP contribution >= 0.6 is 15.9 Å². The lowest BCUT2D eigenvalue weighted by molar-refractivity contribution is -0.129. The molecule has 0 aliphatic carbocycles. The predicted octanol–water partition coefficient (Wildman–Crippen LogP) is 3.98. The number of hydrogen-bond donors (Lipinski definition) is 0. The van der Waals surface area contributed by atoms with Gasteiger partial charge in [-0.15, -0.1) is 0 Å². The molecule has 3 aromatic rings. The monoisotopic (exact) mass is 393 g/mol. The van der Waals surface area contributed by atoms with Crippen LogP contribution in [0.2, 0.25) is 0 Å². The minimum Gasteiger partial charge on any atom is -0.402 e. The molecule has 5 nitrogen and oxygen atoms in total. The van der Waals surface area contributed by atoms with Crippen molar-refractivity contribution in [2.45, 2.75) is 0 Å². The number of aromatic nitrogens is 2. The maximum absolute atomic E-state index is 12.1. The van der Waals surface area contributed by atoms with Gasteiger partial charge in [0, 0.05) is 16.2 Å². The fraction of sp³-hybridized carbons (Fsp3) is 0. The first-order valence-corrected chi connectivity index (χ1v) is 8.37. The smallest absolute Gasteiger partial charge is 0.363 e. The Morgan fingerprint density at radius 2 is 1.80 bits per heavy atom. The molecular formula is C19H12BrN3O2. The second-order valence-electron chi connectivity index (χ2n) is 5.37. The first-order valence-electron chi connectivity index (χ1n) is 7.58. The van der Waals surface area contributed by atoms with E-state index in [1.807, 2.05) is 60.8 Å². The standard InChI is InChI=1S/C19H12BrN3O2/c20-16-9-5-4-8-15(16)18-22-17(19(24)25-18)10-13-11-21-23(12-13)14-6-2-1-3-7-14/h1-12H/b17-10-. The predicted molar refractivity (Wildman–Crippen MR) is 98.3 cm³/mol. The van der Waals surface area contributed by atoms with Crippen LogP contribution in [0, 0.1) is 0 Å². The number of cyclic esters (lactones) is 1. The molecule has 0 saturated heterocycles. The van der Waals surface area contributed by atoms with Gasteiger partial charge in [0.1, 0.15) is 0 Å². The van der Waals surface area contributed by atoms with Crippen molar-refractivity contribution >= 4 is 33.9 Å². The summed E-state index contributed by atoms with van der Waals surface area (Å²) in [6.45, 7) is 0. The Balaban J connectivity index is 1.65. The van der Waals surface area contributed by atoms with Gasteiger partial charge in [0.2, 0.25) is 5.90 Å². The van der Waals surface area contributed by atoms with Crippen LogP contribution in [0.4, 0.5) is 0 Å². The highest BCUT2D eigenvalue weighted by Crippen LogP contribution is 2.24. The molecule has 1 aromatic heterocycles. The normalized spacial score (nSPS) is 15.3. The van der Waals surface area contributed by atoms with Crippen molar-refractivity contribution in [3.63, 3.8) is 0 Å². The van der Waals surface area contributed by atoms with Crippen molar-refractivity contribution in [1.82, 2.24) is 9.78 Å². The third kappa shape index (κ3) is 3.16. The van der Waals surface area contributed by atoms with Crippen LogP contribution in [-0.4, -0.2) is 21.6 Å². The van der Waals surface area contributed by atoms with Crippen molar-refractivity contribution in [2.75, 3.05) is 0 Å². The molecule has 0 atom stereocenters. The van der Waals surface area contributed by atoms with Gasteiger partial charge < -0.3 is 4.74 Å². The molecule has 0 radical (unpaired) electrons. The quantitative estimate of drug-likeness (QED) is 0.499. The molecule has 4 rings (SSSR count). The summed E-state index contributed by atoms with van der Waals surface area (Å²) in [5, 5.41) is 4.31. The van der Waals surface area contributed by atoms with Crippen LogP contribution in [-0.2, 0) is 9.53 Å². The van der Waals surface area contributed by atoms with Crippen molar-refractivity contribution < 1.29 is 9.53 Å². The van der Waals surface area contributed by atoms with E-state index in [1.165, 1.54) is 0 Å². The van der Waals surface area contributed by atoms with Gasteiger partial charge in [0.15, 0.2) is 5.70 Å². The van der Waals surface area contributed by atoms with E-state index in [1.54, 1.807) is 17.0 Å². The third-order valence-corrected chi connectivity index (χ3v) is 4.34. The minimum absolute atomic E-state index is 0.248. The SMILES string of the molecule is O=C1OC(c2ccccc2Br)=N/C1=C\c1cnn(-c2ccccc2)c1. The maximum atomic E-state index is 12.1. The Kier molecular flexibility index (Phi) is 4.03. The lowest BCUT2D eigenvalue weighted by Crippen LogP contribution is -2.05. The van der Waals surface area contributed by atoms with Crippen LogP contribution in [0.15, 0.2) is 82.2 Å². The summed E-state index contributed by atoms with van der Waals surface area (Å²) >= 11 is 3.44. The summed E-state index contributed by atoms with van der Waals surface area (Å²) in [5.41, 5.74) is 2.70. The Labute approximate surface area is 152 Å². The number of esters is 1. The van der Waals surface area contributed by atoms with Gasteiger partial charge in [-0.05, 0) is 46.3 Å². The second-order valence-corrected chi connectivity index (χ2v) is 6.22. The number of carbonyl (C=O) groups excluding carboxylic acids is 1. The van der Waals surface area contributed by atoms with Crippen molar-refractivity contribution in [3.05, 3.63) is 88.3 Å². The van der Waals surface area contributed by atoms with Gasteiger partial charge in [-0.2, -0.15) is 5.10 Å².